The molecule has 2 aromatic heterocycles. The second-order valence-corrected chi connectivity index (χ2v) is 2.42. The first kappa shape index (κ1) is 8.23. The number of carbonyl (C=O) groups excluding carboxylic acids is 1. The van der Waals surface area contributed by atoms with Gasteiger partial charge in [-0.2, -0.15) is 0 Å². The summed E-state index contributed by atoms with van der Waals surface area (Å²) in [5, 5.41) is 17.4. The molecule has 2 heterocycles. The van der Waals surface area contributed by atoms with Gasteiger partial charge in [0.2, 0.25) is 5.82 Å². The second kappa shape index (κ2) is 2.83. The maximum atomic E-state index is 10.4. The molecule has 0 spiro atoms. The van der Waals surface area contributed by atoms with E-state index in [1.54, 1.807) is 0 Å². The van der Waals surface area contributed by atoms with E-state index in [9.17, 15) is 14.9 Å². The van der Waals surface area contributed by atoms with Crippen molar-refractivity contribution in [2.45, 2.75) is 0 Å². The Kier molecular flexibility index (Phi) is 1.67. The molecule has 0 N–H and O–H groups in total. The zero-order chi connectivity index (χ0) is 10.1. The van der Waals surface area contributed by atoms with Crippen molar-refractivity contribution >= 4 is 17.8 Å². The van der Waals surface area contributed by atoms with Crippen LogP contribution >= 0.6 is 0 Å². The average molecular weight is 193 g/mol. The van der Waals surface area contributed by atoms with E-state index in [2.05, 4.69) is 15.2 Å². The number of aromatic nitrogens is 4. The molecule has 0 bridgehead atoms. The minimum absolute atomic E-state index is 0.0174. The fourth-order valence-electron chi connectivity index (χ4n) is 0.971. The van der Waals surface area contributed by atoms with Crippen LogP contribution in [-0.2, 0) is 0 Å². The third kappa shape index (κ3) is 1.09. The topological polar surface area (TPSA) is 103 Å². The molecule has 0 atom stereocenters. The Morgan fingerprint density at radius 3 is 2.93 bits per heavy atom. The van der Waals surface area contributed by atoms with Gasteiger partial charge in [0.25, 0.3) is 5.78 Å². The SMILES string of the molecule is O=Cc1nnc2ncc([N+](=O)[O-])cn12. The highest BCUT2D eigenvalue weighted by molar-refractivity contribution is 5.70. The van der Waals surface area contributed by atoms with E-state index in [0.717, 1.165) is 16.8 Å². The molecule has 2 aromatic rings. The third-order valence-corrected chi connectivity index (χ3v) is 1.59. The molecule has 0 fully saturated rings. The van der Waals surface area contributed by atoms with Crippen molar-refractivity contribution in [1.29, 1.82) is 0 Å². The minimum Gasteiger partial charge on any atom is -0.294 e. The quantitative estimate of drug-likeness (QED) is 0.373. The predicted octanol–water partition coefficient (Wildman–Crippen LogP) is -0.155. The molecule has 8 heteroatoms. The Morgan fingerprint density at radius 1 is 1.50 bits per heavy atom. The molecule has 70 valence electrons. The highest BCUT2D eigenvalue weighted by Gasteiger charge is 2.11. The van der Waals surface area contributed by atoms with E-state index >= 15 is 0 Å². The van der Waals surface area contributed by atoms with Gasteiger partial charge in [-0.25, -0.2) is 4.98 Å². The molecule has 0 amide bonds. The molecule has 0 aliphatic heterocycles. The standard InChI is InChI=1S/C6H3N5O3/c12-3-5-8-9-6-7-1-4(11(13)14)2-10(5)6/h1-3H. The molecule has 8 nitrogen and oxygen atoms in total. The molecule has 0 aromatic carbocycles. The minimum atomic E-state index is -0.610. The van der Waals surface area contributed by atoms with Gasteiger partial charge in [0.15, 0.2) is 6.29 Å². The molecular weight excluding hydrogens is 190 g/mol. The van der Waals surface area contributed by atoms with Crippen molar-refractivity contribution in [3.8, 4) is 0 Å². The van der Waals surface area contributed by atoms with Gasteiger partial charge in [-0.15, -0.1) is 10.2 Å². The summed E-state index contributed by atoms with van der Waals surface area (Å²) < 4.78 is 1.16. The van der Waals surface area contributed by atoms with Crippen LogP contribution in [-0.4, -0.2) is 30.8 Å². The van der Waals surface area contributed by atoms with Gasteiger partial charge in [0.05, 0.1) is 11.1 Å². The van der Waals surface area contributed by atoms with Crippen molar-refractivity contribution in [2.75, 3.05) is 0 Å². The van der Waals surface area contributed by atoms with Crippen LogP contribution in [0.5, 0.6) is 0 Å². The number of nitro groups is 1. The van der Waals surface area contributed by atoms with Gasteiger partial charge < -0.3 is 0 Å². The lowest BCUT2D eigenvalue weighted by atomic mass is 10.5. The van der Waals surface area contributed by atoms with E-state index in [-0.39, 0.29) is 17.3 Å². The molecule has 0 saturated carbocycles. The van der Waals surface area contributed by atoms with Crippen LogP contribution in [0.15, 0.2) is 12.4 Å². The van der Waals surface area contributed by atoms with E-state index in [1.165, 1.54) is 0 Å². The Morgan fingerprint density at radius 2 is 2.29 bits per heavy atom. The van der Waals surface area contributed by atoms with Crippen LogP contribution in [0.1, 0.15) is 10.6 Å². The van der Waals surface area contributed by atoms with E-state index in [1.807, 2.05) is 0 Å². The maximum absolute atomic E-state index is 10.4. The van der Waals surface area contributed by atoms with Crippen molar-refractivity contribution in [1.82, 2.24) is 19.6 Å². The Balaban J connectivity index is 2.73. The van der Waals surface area contributed by atoms with E-state index in [4.69, 9.17) is 0 Å². The van der Waals surface area contributed by atoms with Crippen molar-refractivity contribution in [3.05, 3.63) is 28.3 Å². The fraction of sp³-hybridized carbons (Fsp3) is 0. The third-order valence-electron chi connectivity index (χ3n) is 1.59. The zero-order valence-corrected chi connectivity index (χ0v) is 6.69. The van der Waals surface area contributed by atoms with Crippen molar-refractivity contribution in [3.63, 3.8) is 0 Å². The molecule has 0 aliphatic carbocycles. The van der Waals surface area contributed by atoms with Crippen LogP contribution in [0.4, 0.5) is 5.69 Å². The summed E-state index contributed by atoms with van der Waals surface area (Å²) in [6.07, 6.45) is 2.65. The van der Waals surface area contributed by atoms with Gasteiger partial charge in [-0.05, 0) is 0 Å². The summed E-state index contributed by atoms with van der Waals surface area (Å²) in [5.74, 6) is 0.133. The van der Waals surface area contributed by atoms with Crippen molar-refractivity contribution in [2.24, 2.45) is 0 Å². The lowest BCUT2D eigenvalue weighted by molar-refractivity contribution is -0.385. The largest absolute Gasteiger partial charge is 0.304 e. The number of aldehydes is 1. The van der Waals surface area contributed by atoms with Crippen LogP contribution in [0.2, 0.25) is 0 Å². The fourth-order valence-corrected chi connectivity index (χ4v) is 0.971. The molecule has 0 saturated heterocycles. The summed E-state index contributed by atoms with van der Waals surface area (Å²) in [5.41, 5.74) is -0.222. The second-order valence-electron chi connectivity index (χ2n) is 2.42. The van der Waals surface area contributed by atoms with Gasteiger partial charge in [0.1, 0.15) is 6.20 Å². The van der Waals surface area contributed by atoms with Gasteiger partial charge in [0, 0.05) is 0 Å². The summed E-state index contributed by atoms with van der Waals surface area (Å²) in [7, 11) is 0. The van der Waals surface area contributed by atoms with Gasteiger partial charge >= 0.3 is 5.69 Å². The number of fused-ring (bicyclic) bond motifs is 1. The van der Waals surface area contributed by atoms with E-state index < -0.39 is 4.92 Å². The first-order valence-electron chi connectivity index (χ1n) is 3.52. The molecule has 0 radical (unpaired) electrons. The summed E-state index contributed by atoms with van der Waals surface area (Å²) in [6.45, 7) is 0. The number of rotatable bonds is 2. The van der Waals surface area contributed by atoms with E-state index in [0.29, 0.717) is 6.29 Å². The lowest BCUT2D eigenvalue weighted by Gasteiger charge is -1.92. The number of hydrogen-bond donors (Lipinski definition) is 0. The summed E-state index contributed by atoms with van der Waals surface area (Å²) >= 11 is 0. The maximum Gasteiger partial charge on any atom is 0.304 e. The molecule has 0 unspecified atom stereocenters. The zero-order valence-electron chi connectivity index (χ0n) is 6.69. The number of hydrogen-bond acceptors (Lipinski definition) is 6. The molecule has 14 heavy (non-hydrogen) atoms. The number of carbonyl (C=O) groups is 1. The Hall–Kier alpha value is -2.38. The van der Waals surface area contributed by atoms with Crippen LogP contribution < -0.4 is 0 Å². The van der Waals surface area contributed by atoms with Gasteiger partial charge in [-0.3, -0.25) is 19.3 Å². The first-order chi connectivity index (χ1) is 6.72. The van der Waals surface area contributed by atoms with Crippen molar-refractivity contribution < 1.29 is 9.72 Å². The monoisotopic (exact) mass is 193 g/mol. The Bertz CT molecular complexity index is 519. The van der Waals surface area contributed by atoms with Crippen LogP contribution in [0, 0.1) is 10.1 Å². The number of nitrogens with zero attached hydrogens (tertiary/aromatic N) is 5. The summed E-state index contributed by atoms with van der Waals surface area (Å²) in [4.78, 5) is 23.9. The smallest absolute Gasteiger partial charge is 0.294 e. The molecule has 2 rings (SSSR count). The highest BCUT2D eigenvalue weighted by Crippen LogP contribution is 2.09. The van der Waals surface area contributed by atoms with Crippen LogP contribution in [0.3, 0.4) is 0 Å². The highest BCUT2D eigenvalue weighted by atomic mass is 16.6. The van der Waals surface area contributed by atoms with Gasteiger partial charge in [-0.1, -0.05) is 0 Å². The van der Waals surface area contributed by atoms with Crippen LogP contribution in [0.25, 0.3) is 5.78 Å². The molecule has 0 aliphatic rings. The first-order valence-corrected chi connectivity index (χ1v) is 3.52. The molecular formula is C6H3N5O3. The average Bonchev–Trinajstić information content (AvgIpc) is 2.59. The summed E-state index contributed by atoms with van der Waals surface area (Å²) in [6, 6.07) is 0. The Labute approximate surface area is 76.4 Å². The predicted molar refractivity (Wildman–Crippen MR) is 42.8 cm³/mol. The lowest BCUT2D eigenvalue weighted by Crippen LogP contribution is -1.97. The normalized spacial score (nSPS) is 10.3.